The van der Waals surface area contributed by atoms with Crippen LogP contribution in [0.25, 0.3) is 22.0 Å². The number of benzene rings is 4. The summed E-state index contributed by atoms with van der Waals surface area (Å²) < 4.78 is 9.09. The predicted molar refractivity (Wildman–Crippen MR) is 124 cm³/mol. The lowest BCUT2D eigenvalue weighted by Gasteiger charge is -2.16. The SMILES string of the molecule is c1ccc(C[n+]2c(OC3c4ccccc4-c4ccccc43)ccc3ccccc32)cc1. The number of para-hydroxylation sites is 1. The van der Waals surface area contributed by atoms with E-state index in [1.165, 1.54) is 38.7 Å². The number of nitrogens with zero attached hydrogens (tertiary/aromatic N) is 1. The zero-order valence-electron chi connectivity index (χ0n) is 17.1. The second-order valence-corrected chi connectivity index (χ2v) is 7.97. The molecule has 0 radical (unpaired) electrons. The molecule has 0 unspecified atom stereocenters. The summed E-state index contributed by atoms with van der Waals surface area (Å²) in [6.07, 6.45) is -0.115. The summed E-state index contributed by atoms with van der Waals surface area (Å²) in [5, 5.41) is 1.21. The third-order valence-electron chi connectivity index (χ3n) is 6.10. The molecule has 1 heterocycles. The quantitative estimate of drug-likeness (QED) is 0.322. The van der Waals surface area contributed by atoms with Crippen molar-refractivity contribution in [2.45, 2.75) is 12.6 Å². The number of pyridine rings is 1. The van der Waals surface area contributed by atoms with Gasteiger partial charge in [0.1, 0.15) is 0 Å². The van der Waals surface area contributed by atoms with Gasteiger partial charge in [0, 0.05) is 28.1 Å². The first kappa shape index (κ1) is 17.9. The third-order valence-corrected chi connectivity index (χ3v) is 6.10. The number of fused-ring (bicyclic) bond motifs is 4. The lowest BCUT2D eigenvalue weighted by atomic mass is 10.1. The molecular formula is C29H22NO+. The van der Waals surface area contributed by atoms with Gasteiger partial charge in [-0.1, -0.05) is 91.0 Å². The van der Waals surface area contributed by atoms with Crippen LogP contribution in [0.15, 0.2) is 115 Å². The van der Waals surface area contributed by atoms with Crippen LogP contribution in [0.5, 0.6) is 5.88 Å². The average molecular weight is 401 g/mol. The van der Waals surface area contributed by atoms with Crippen molar-refractivity contribution in [1.29, 1.82) is 0 Å². The van der Waals surface area contributed by atoms with Crippen molar-refractivity contribution < 1.29 is 9.30 Å². The van der Waals surface area contributed by atoms with Gasteiger partial charge in [0.2, 0.25) is 5.52 Å². The highest BCUT2D eigenvalue weighted by molar-refractivity contribution is 5.78. The number of ether oxygens (including phenoxy) is 1. The molecule has 148 valence electrons. The van der Waals surface area contributed by atoms with Crippen molar-refractivity contribution in [2.75, 3.05) is 0 Å². The molecule has 0 spiro atoms. The second kappa shape index (κ2) is 7.41. The third kappa shape index (κ3) is 3.08. The predicted octanol–water partition coefficient (Wildman–Crippen LogP) is 6.32. The van der Waals surface area contributed by atoms with E-state index in [0.717, 1.165) is 12.4 Å². The Balaban J connectivity index is 1.49. The molecule has 0 amide bonds. The molecule has 0 atom stereocenters. The van der Waals surface area contributed by atoms with Gasteiger partial charge in [0.15, 0.2) is 12.6 Å². The van der Waals surface area contributed by atoms with E-state index in [1.807, 2.05) is 0 Å². The van der Waals surface area contributed by atoms with Crippen LogP contribution in [0, 0.1) is 0 Å². The molecule has 1 aliphatic carbocycles. The largest absolute Gasteiger partial charge is 0.431 e. The van der Waals surface area contributed by atoms with Gasteiger partial charge in [-0.2, -0.15) is 4.57 Å². The molecule has 0 saturated heterocycles. The van der Waals surface area contributed by atoms with E-state index >= 15 is 0 Å². The van der Waals surface area contributed by atoms with E-state index in [4.69, 9.17) is 4.74 Å². The standard InChI is InChI=1S/C29H22NO/c1-2-10-21(11-3-1)20-30-27-17-9-4-12-22(27)18-19-28(30)31-29-25-15-7-5-13-23(25)24-14-6-8-16-26(24)29/h1-19,29H,20H2/q+1. The minimum Gasteiger partial charge on any atom is -0.431 e. The monoisotopic (exact) mass is 400 g/mol. The van der Waals surface area contributed by atoms with Crippen molar-refractivity contribution in [3.05, 3.63) is 132 Å². The smallest absolute Gasteiger partial charge is 0.369 e. The molecule has 0 fully saturated rings. The molecule has 0 aliphatic heterocycles. The summed E-state index contributed by atoms with van der Waals surface area (Å²) in [4.78, 5) is 0. The van der Waals surface area contributed by atoms with Gasteiger partial charge < -0.3 is 4.74 Å². The summed E-state index contributed by atoms with van der Waals surface area (Å²) in [7, 11) is 0. The molecular weight excluding hydrogens is 378 g/mol. The Bertz CT molecular complexity index is 1350. The highest BCUT2D eigenvalue weighted by Crippen LogP contribution is 2.45. The normalized spacial score (nSPS) is 12.5. The maximum atomic E-state index is 6.80. The number of hydrogen-bond donors (Lipinski definition) is 0. The van der Waals surface area contributed by atoms with Crippen LogP contribution in [-0.4, -0.2) is 0 Å². The number of hydrogen-bond acceptors (Lipinski definition) is 1. The fraction of sp³-hybridized carbons (Fsp3) is 0.0690. The minimum atomic E-state index is -0.115. The molecule has 5 aromatic rings. The highest BCUT2D eigenvalue weighted by Gasteiger charge is 2.32. The van der Waals surface area contributed by atoms with Gasteiger partial charge >= 0.3 is 5.88 Å². The Morgan fingerprint density at radius 1 is 0.581 bits per heavy atom. The first-order valence-electron chi connectivity index (χ1n) is 10.7. The first-order valence-corrected chi connectivity index (χ1v) is 10.7. The van der Waals surface area contributed by atoms with Crippen molar-refractivity contribution in [2.24, 2.45) is 0 Å². The molecule has 1 aromatic heterocycles. The lowest BCUT2D eigenvalue weighted by Crippen LogP contribution is -2.37. The summed E-state index contributed by atoms with van der Waals surface area (Å²) in [5.74, 6) is 0.874. The van der Waals surface area contributed by atoms with Gasteiger partial charge in [-0.25, -0.2) is 0 Å². The number of rotatable bonds is 4. The summed E-state index contributed by atoms with van der Waals surface area (Å²) >= 11 is 0. The molecule has 0 saturated carbocycles. The van der Waals surface area contributed by atoms with E-state index in [0.29, 0.717) is 0 Å². The van der Waals surface area contributed by atoms with Crippen LogP contribution in [-0.2, 0) is 6.54 Å². The van der Waals surface area contributed by atoms with E-state index < -0.39 is 0 Å². The molecule has 2 nitrogen and oxygen atoms in total. The van der Waals surface area contributed by atoms with Crippen molar-refractivity contribution in [3.63, 3.8) is 0 Å². The van der Waals surface area contributed by atoms with E-state index in [2.05, 4.69) is 120 Å². The Morgan fingerprint density at radius 3 is 1.94 bits per heavy atom. The van der Waals surface area contributed by atoms with Crippen LogP contribution in [0.2, 0.25) is 0 Å². The Hall–Kier alpha value is -3.91. The Kier molecular flexibility index (Phi) is 4.28. The van der Waals surface area contributed by atoms with Gasteiger partial charge in [0.05, 0.1) is 6.07 Å². The van der Waals surface area contributed by atoms with Crippen LogP contribution < -0.4 is 9.30 Å². The zero-order valence-corrected chi connectivity index (χ0v) is 17.1. The molecule has 2 heteroatoms. The van der Waals surface area contributed by atoms with Crippen LogP contribution in [0.3, 0.4) is 0 Å². The molecule has 1 aliphatic rings. The van der Waals surface area contributed by atoms with E-state index in [1.54, 1.807) is 0 Å². The average Bonchev–Trinajstić information content (AvgIpc) is 3.15. The topological polar surface area (TPSA) is 13.1 Å². The zero-order chi connectivity index (χ0) is 20.6. The Labute approximate surface area is 182 Å². The summed E-state index contributed by atoms with van der Waals surface area (Å²) in [6, 6.07) is 40.5. The van der Waals surface area contributed by atoms with E-state index in [-0.39, 0.29) is 6.10 Å². The fourth-order valence-electron chi connectivity index (χ4n) is 4.63. The van der Waals surface area contributed by atoms with Gasteiger partial charge in [-0.15, -0.1) is 0 Å². The second-order valence-electron chi connectivity index (χ2n) is 7.97. The van der Waals surface area contributed by atoms with E-state index in [9.17, 15) is 0 Å². The van der Waals surface area contributed by atoms with Crippen molar-refractivity contribution >= 4 is 10.9 Å². The van der Waals surface area contributed by atoms with Crippen molar-refractivity contribution in [3.8, 4) is 17.0 Å². The van der Waals surface area contributed by atoms with Crippen LogP contribution >= 0.6 is 0 Å². The van der Waals surface area contributed by atoms with Gasteiger partial charge in [-0.05, 0) is 23.3 Å². The molecule has 0 N–H and O–H groups in total. The molecule has 4 aromatic carbocycles. The molecule has 31 heavy (non-hydrogen) atoms. The molecule has 6 rings (SSSR count). The fourth-order valence-corrected chi connectivity index (χ4v) is 4.63. The van der Waals surface area contributed by atoms with Crippen LogP contribution in [0.1, 0.15) is 22.8 Å². The minimum absolute atomic E-state index is 0.115. The first-order chi connectivity index (χ1) is 15.4. The summed E-state index contributed by atoms with van der Waals surface area (Å²) in [6.45, 7) is 0.757. The van der Waals surface area contributed by atoms with Gasteiger partial charge in [-0.3, -0.25) is 0 Å². The maximum absolute atomic E-state index is 6.80. The van der Waals surface area contributed by atoms with Crippen LogP contribution in [0.4, 0.5) is 0 Å². The Morgan fingerprint density at radius 2 is 1.19 bits per heavy atom. The van der Waals surface area contributed by atoms with Crippen molar-refractivity contribution in [1.82, 2.24) is 0 Å². The number of aromatic nitrogens is 1. The highest BCUT2D eigenvalue weighted by atomic mass is 16.5. The lowest BCUT2D eigenvalue weighted by molar-refractivity contribution is -0.668. The maximum Gasteiger partial charge on any atom is 0.369 e. The summed E-state index contributed by atoms with van der Waals surface area (Å²) in [5.41, 5.74) is 7.40. The van der Waals surface area contributed by atoms with Gasteiger partial charge in [0.25, 0.3) is 0 Å². The molecule has 0 bridgehead atoms.